The van der Waals surface area contributed by atoms with Crippen molar-refractivity contribution < 1.29 is 17.9 Å². The summed E-state index contributed by atoms with van der Waals surface area (Å²) >= 11 is 0. The van der Waals surface area contributed by atoms with Crippen molar-refractivity contribution in [1.82, 2.24) is 9.62 Å². The number of amides is 1. The number of piperidine rings is 1. The first-order valence-corrected chi connectivity index (χ1v) is 11.4. The lowest BCUT2D eigenvalue weighted by molar-refractivity contribution is -0.145. The third-order valence-electron chi connectivity index (χ3n) is 6.30. The third kappa shape index (κ3) is 3.77. The first-order valence-electron chi connectivity index (χ1n) is 9.91. The van der Waals surface area contributed by atoms with Gasteiger partial charge in [-0.05, 0) is 56.1 Å². The molecule has 7 heteroatoms. The van der Waals surface area contributed by atoms with Crippen LogP contribution < -0.4 is 5.32 Å². The van der Waals surface area contributed by atoms with E-state index in [9.17, 15) is 13.2 Å². The molecule has 1 aromatic rings. The summed E-state index contributed by atoms with van der Waals surface area (Å²) in [6.45, 7) is 3.65. The first kappa shape index (κ1) is 18.9. The van der Waals surface area contributed by atoms with Crippen LogP contribution in [0.15, 0.2) is 35.2 Å². The van der Waals surface area contributed by atoms with E-state index in [1.165, 1.54) is 12.8 Å². The monoisotopic (exact) mass is 392 g/mol. The Bertz CT molecular complexity index is 793. The lowest BCUT2D eigenvalue weighted by Gasteiger charge is -2.43. The second kappa shape index (κ2) is 7.18. The second-order valence-electron chi connectivity index (χ2n) is 8.23. The van der Waals surface area contributed by atoms with Gasteiger partial charge in [0.2, 0.25) is 15.9 Å². The van der Waals surface area contributed by atoms with Crippen LogP contribution >= 0.6 is 0 Å². The number of nitrogens with zero attached hydrogens (tertiary/aromatic N) is 1. The van der Waals surface area contributed by atoms with Crippen LogP contribution in [0.3, 0.4) is 0 Å². The van der Waals surface area contributed by atoms with Crippen molar-refractivity contribution in [3.63, 3.8) is 0 Å². The van der Waals surface area contributed by atoms with Gasteiger partial charge in [0, 0.05) is 19.6 Å². The molecule has 1 N–H and O–H groups in total. The highest BCUT2D eigenvalue weighted by Gasteiger charge is 2.50. The van der Waals surface area contributed by atoms with Gasteiger partial charge in [0.15, 0.2) is 0 Å². The molecule has 148 valence electrons. The zero-order valence-electron chi connectivity index (χ0n) is 15.8. The lowest BCUT2D eigenvalue weighted by atomic mass is 9.81. The summed E-state index contributed by atoms with van der Waals surface area (Å²) in [6, 6.07) is 8.57. The molecule has 1 saturated carbocycles. The van der Waals surface area contributed by atoms with Gasteiger partial charge in [0.05, 0.1) is 10.5 Å². The summed E-state index contributed by atoms with van der Waals surface area (Å²) in [4.78, 5) is 12.7. The third-order valence-corrected chi connectivity index (χ3v) is 8.18. The molecule has 6 nitrogen and oxygen atoms in total. The predicted octanol–water partition coefficient (Wildman–Crippen LogP) is 2.16. The number of ether oxygens (including phenoxy) is 1. The highest BCUT2D eigenvalue weighted by Crippen LogP contribution is 2.43. The molecule has 3 fully saturated rings. The number of rotatable bonds is 5. The number of hydrogen-bond acceptors (Lipinski definition) is 4. The van der Waals surface area contributed by atoms with Crippen LogP contribution in [0.1, 0.15) is 39.0 Å². The van der Waals surface area contributed by atoms with Gasteiger partial charge in [-0.25, -0.2) is 8.42 Å². The number of carbonyl (C=O) groups excluding carboxylic acids is 1. The molecule has 4 rings (SSSR count). The van der Waals surface area contributed by atoms with Crippen molar-refractivity contribution in [3.05, 3.63) is 30.3 Å². The van der Waals surface area contributed by atoms with Gasteiger partial charge >= 0.3 is 0 Å². The second-order valence-corrected chi connectivity index (χ2v) is 10.2. The quantitative estimate of drug-likeness (QED) is 0.833. The average molecular weight is 393 g/mol. The molecule has 2 saturated heterocycles. The number of carbonyl (C=O) groups is 1. The summed E-state index contributed by atoms with van der Waals surface area (Å²) in [6.07, 6.45) is 4.17. The minimum Gasteiger partial charge on any atom is -0.362 e. The minimum absolute atomic E-state index is 0.00897. The van der Waals surface area contributed by atoms with E-state index in [4.69, 9.17) is 4.74 Å². The zero-order chi connectivity index (χ0) is 19.1. The fourth-order valence-electron chi connectivity index (χ4n) is 4.27. The first-order chi connectivity index (χ1) is 12.9. The Morgan fingerprint density at radius 1 is 1.22 bits per heavy atom. The van der Waals surface area contributed by atoms with Crippen LogP contribution in [-0.4, -0.2) is 50.0 Å². The topological polar surface area (TPSA) is 75.7 Å². The molecule has 2 aliphatic heterocycles. The van der Waals surface area contributed by atoms with E-state index >= 15 is 0 Å². The van der Waals surface area contributed by atoms with Crippen molar-refractivity contribution in [2.45, 2.75) is 55.6 Å². The van der Waals surface area contributed by atoms with Gasteiger partial charge in [0.1, 0.15) is 6.10 Å². The summed E-state index contributed by atoms with van der Waals surface area (Å²) < 4.78 is 33.6. The molecule has 2 heterocycles. The molecule has 1 amide bonds. The van der Waals surface area contributed by atoms with E-state index in [0.717, 1.165) is 13.0 Å². The van der Waals surface area contributed by atoms with Crippen LogP contribution in [0.2, 0.25) is 0 Å². The Hall–Kier alpha value is -1.44. The van der Waals surface area contributed by atoms with E-state index in [2.05, 4.69) is 5.32 Å². The van der Waals surface area contributed by atoms with Crippen molar-refractivity contribution in [1.29, 1.82) is 0 Å². The zero-order valence-corrected chi connectivity index (χ0v) is 16.6. The van der Waals surface area contributed by atoms with Gasteiger partial charge in [-0.15, -0.1) is 0 Å². The Morgan fingerprint density at radius 3 is 2.63 bits per heavy atom. The van der Waals surface area contributed by atoms with Gasteiger partial charge in [-0.2, -0.15) is 4.31 Å². The number of nitrogens with one attached hydrogen (secondary N) is 1. The normalized spacial score (nSPS) is 31.9. The van der Waals surface area contributed by atoms with E-state index in [-0.39, 0.29) is 17.4 Å². The molecule has 1 aliphatic carbocycles. The van der Waals surface area contributed by atoms with Crippen molar-refractivity contribution in [2.24, 2.45) is 11.8 Å². The summed E-state index contributed by atoms with van der Waals surface area (Å²) in [5, 5.41) is 3.01. The maximum absolute atomic E-state index is 12.9. The Kier molecular flexibility index (Phi) is 5.03. The van der Waals surface area contributed by atoms with Crippen LogP contribution in [0.5, 0.6) is 0 Å². The van der Waals surface area contributed by atoms with Crippen molar-refractivity contribution in [3.8, 4) is 0 Å². The maximum atomic E-state index is 12.9. The lowest BCUT2D eigenvalue weighted by Crippen LogP contribution is -2.53. The highest BCUT2D eigenvalue weighted by atomic mass is 32.2. The molecule has 3 atom stereocenters. The van der Waals surface area contributed by atoms with Crippen molar-refractivity contribution >= 4 is 15.9 Å². The van der Waals surface area contributed by atoms with Crippen LogP contribution in [0.4, 0.5) is 0 Å². The van der Waals surface area contributed by atoms with Crippen molar-refractivity contribution in [2.75, 3.05) is 19.6 Å². The SMILES string of the molecule is C[C@@H]1CN(S(=O)(=O)c2ccccc2)CC[C@@]12CC[C@H](C(=O)NCC1CC1)O2. The van der Waals surface area contributed by atoms with E-state index in [1.807, 2.05) is 13.0 Å². The largest absolute Gasteiger partial charge is 0.362 e. The summed E-state index contributed by atoms with van der Waals surface area (Å²) in [7, 11) is -3.48. The fraction of sp³-hybridized carbons (Fsp3) is 0.650. The standard InChI is InChI=1S/C20H28N2O4S/c1-15-14-22(27(24,25)17-5-3-2-4-6-17)12-11-20(15)10-9-18(26-20)19(23)21-13-16-7-8-16/h2-6,15-16,18H,7-14H2,1H3,(H,21,23)/t15-,18-,20+/m1/s1. The smallest absolute Gasteiger partial charge is 0.249 e. The minimum atomic E-state index is -3.48. The summed E-state index contributed by atoms with van der Waals surface area (Å²) in [5.41, 5.74) is -0.385. The van der Waals surface area contributed by atoms with Crippen LogP contribution in [0, 0.1) is 11.8 Å². The molecule has 0 unspecified atom stereocenters. The molecule has 0 aromatic heterocycles. The molecule has 1 aromatic carbocycles. The van der Waals surface area contributed by atoms with Gasteiger partial charge < -0.3 is 10.1 Å². The number of benzene rings is 1. The van der Waals surface area contributed by atoms with Crippen LogP contribution in [-0.2, 0) is 19.6 Å². The maximum Gasteiger partial charge on any atom is 0.249 e. The van der Waals surface area contributed by atoms with Gasteiger partial charge in [-0.3, -0.25) is 4.79 Å². The Morgan fingerprint density at radius 2 is 1.96 bits per heavy atom. The summed E-state index contributed by atoms with van der Waals surface area (Å²) in [5.74, 6) is 0.686. The molecule has 0 bridgehead atoms. The van der Waals surface area contributed by atoms with Gasteiger partial charge in [-0.1, -0.05) is 25.1 Å². The molecule has 1 spiro atoms. The Balaban J connectivity index is 1.39. The molecular weight excluding hydrogens is 364 g/mol. The molecule has 27 heavy (non-hydrogen) atoms. The van der Waals surface area contributed by atoms with E-state index in [0.29, 0.717) is 36.7 Å². The average Bonchev–Trinajstić information content (AvgIpc) is 3.41. The van der Waals surface area contributed by atoms with Crippen LogP contribution in [0.25, 0.3) is 0 Å². The Labute approximate surface area is 161 Å². The highest BCUT2D eigenvalue weighted by molar-refractivity contribution is 7.89. The van der Waals surface area contributed by atoms with Gasteiger partial charge in [0.25, 0.3) is 0 Å². The number of hydrogen-bond donors (Lipinski definition) is 1. The van der Waals surface area contributed by atoms with E-state index < -0.39 is 16.1 Å². The fourth-order valence-corrected chi connectivity index (χ4v) is 5.82. The molecule has 0 radical (unpaired) electrons. The van der Waals surface area contributed by atoms with E-state index in [1.54, 1.807) is 28.6 Å². The molecule has 3 aliphatic rings. The molecular formula is C20H28N2O4S. The number of sulfonamides is 1. The predicted molar refractivity (Wildman–Crippen MR) is 102 cm³/mol.